The molecule has 1 amide bonds. The highest BCUT2D eigenvalue weighted by Crippen LogP contribution is 2.22. The van der Waals surface area contributed by atoms with Gasteiger partial charge in [0, 0.05) is 30.1 Å². The first-order valence-corrected chi connectivity index (χ1v) is 9.04. The van der Waals surface area contributed by atoms with Crippen LogP contribution in [-0.2, 0) is 17.8 Å². The predicted octanol–water partition coefficient (Wildman–Crippen LogP) is 2.44. The fourth-order valence-electron chi connectivity index (χ4n) is 2.72. The quantitative estimate of drug-likeness (QED) is 0.638. The first-order valence-electron chi connectivity index (χ1n) is 9.04. The number of aromatic amines is 1. The van der Waals surface area contributed by atoms with Crippen LogP contribution in [0, 0.1) is 13.8 Å². The number of nitrogens with one attached hydrogen (secondary N) is 2. The standard InChI is InChI=1S/C21H22N4O4/c1-13-18(21(27)25-14(2)24-13)10-19(26)22-11-15-4-9-20(23-12-15)29-17-7-5-16(28-3)6-8-17/h4-9,12H,10-11H2,1-3H3,(H,22,26)(H,24,25,27). The molecule has 0 saturated carbocycles. The Morgan fingerprint density at radius 1 is 1.10 bits per heavy atom. The third-order valence-electron chi connectivity index (χ3n) is 4.25. The lowest BCUT2D eigenvalue weighted by atomic mass is 10.1. The van der Waals surface area contributed by atoms with Gasteiger partial charge < -0.3 is 19.8 Å². The Kier molecular flexibility index (Phi) is 6.23. The second kappa shape index (κ2) is 9.01. The molecule has 8 nitrogen and oxygen atoms in total. The van der Waals surface area contributed by atoms with Crippen LogP contribution in [-0.4, -0.2) is 28.0 Å². The van der Waals surface area contributed by atoms with Crippen molar-refractivity contribution < 1.29 is 14.3 Å². The molecule has 0 saturated heterocycles. The lowest BCUT2D eigenvalue weighted by molar-refractivity contribution is -0.120. The molecule has 150 valence electrons. The minimum atomic E-state index is -0.285. The van der Waals surface area contributed by atoms with Gasteiger partial charge >= 0.3 is 0 Å². The Hall–Kier alpha value is -3.68. The molecule has 29 heavy (non-hydrogen) atoms. The minimum absolute atomic E-state index is 0.0272. The Labute approximate surface area is 167 Å². The van der Waals surface area contributed by atoms with E-state index in [2.05, 4.69) is 20.3 Å². The number of nitrogens with zero attached hydrogens (tertiary/aromatic N) is 2. The summed E-state index contributed by atoms with van der Waals surface area (Å²) in [5, 5.41) is 2.78. The number of ether oxygens (including phenoxy) is 2. The molecule has 0 fully saturated rings. The Morgan fingerprint density at radius 3 is 2.45 bits per heavy atom. The second-order valence-corrected chi connectivity index (χ2v) is 6.45. The van der Waals surface area contributed by atoms with Crippen LogP contribution >= 0.6 is 0 Å². The van der Waals surface area contributed by atoms with E-state index in [1.165, 1.54) is 0 Å². The highest BCUT2D eigenvalue weighted by Gasteiger charge is 2.11. The Bertz CT molecular complexity index is 1040. The highest BCUT2D eigenvalue weighted by atomic mass is 16.5. The number of rotatable bonds is 7. The third kappa shape index (κ3) is 5.41. The van der Waals surface area contributed by atoms with Gasteiger partial charge in [-0.15, -0.1) is 0 Å². The van der Waals surface area contributed by atoms with E-state index in [4.69, 9.17) is 9.47 Å². The average Bonchev–Trinajstić information content (AvgIpc) is 2.71. The Morgan fingerprint density at radius 2 is 1.83 bits per heavy atom. The number of aromatic nitrogens is 3. The molecule has 1 aromatic carbocycles. The van der Waals surface area contributed by atoms with Crippen molar-refractivity contribution >= 4 is 5.91 Å². The van der Waals surface area contributed by atoms with Crippen LogP contribution in [0.15, 0.2) is 47.4 Å². The van der Waals surface area contributed by atoms with Crippen LogP contribution in [0.1, 0.15) is 22.6 Å². The van der Waals surface area contributed by atoms with E-state index in [1.54, 1.807) is 57.5 Å². The summed E-state index contributed by atoms with van der Waals surface area (Å²) in [5.74, 6) is 2.10. The zero-order chi connectivity index (χ0) is 20.8. The van der Waals surface area contributed by atoms with Crippen molar-refractivity contribution in [3.8, 4) is 17.4 Å². The number of amides is 1. The van der Waals surface area contributed by atoms with Crippen molar-refractivity contribution in [2.45, 2.75) is 26.8 Å². The highest BCUT2D eigenvalue weighted by molar-refractivity contribution is 5.78. The van der Waals surface area contributed by atoms with E-state index in [0.717, 1.165) is 11.3 Å². The number of carbonyl (C=O) groups excluding carboxylic acids is 1. The molecule has 0 aliphatic carbocycles. The van der Waals surface area contributed by atoms with Crippen LogP contribution in [0.4, 0.5) is 0 Å². The molecule has 0 unspecified atom stereocenters. The summed E-state index contributed by atoms with van der Waals surface area (Å²) in [5.41, 5.74) is 1.46. The summed E-state index contributed by atoms with van der Waals surface area (Å²) < 4.78 is 10.8. The monoisotopic (exact) mass is 394 g/mol. The van der Waals surface area contributed by atoms with Crippen LogP contribution in [0.5, 0.6) is 17.4 Å². The number of carbonyl (C=O) groups is 1. The lowest BCUT2D eigenvalue weighted by Gasteiger charge is -2.08. The SMILES string of the molecule is COc1ccc(Oc2ccc(CNC(=O)Cc3c(C)nc(C)[nH]c3=O)cn2)cc1. The Balaban J connectivity index is 1.54. The van der Waals surface area contributed by atoms with Crippen molar-refractivity contribution in [3.63, 3.8) is 0 Å². The minimum Gasteiger partial charge on any atom is -0.497 e. The molecule has 0 radical (unpaired) electrons. The zero-order valence-corrected chi connectivity index (χ0v) is 16.5. The molecule has 0 aliphatic heterocycles. The molecule has 2 heterocycles. The zero-order valence-electron chi connectivity index (χ0n) is 16.5. The number of aryl methyl sites for hydroxylation is 2. The fraction of sp³-hybridized carbons (Fsp3) is 0.238. The number of pyridine rings is 1. The number of methoxy groups -OCH3 is 1. The van der Waals surface area contributed by atoms with Gasteiger partial charge in [0.1, 0.15) is 17.3 Å². The molecule has 0 spiro atoms. The molecule has 2 aromatic heterocycles. The summed E-state index contributed by atoms with van der Waals surface area (Å²) in [6.07, 6.45) is 1.60. The topological polar surface area (TPSA) is 106 Å². The van der Waals surface area contributed by atoms with Crippen LogP contribution < -0.4 is 20.3 Å². The van der Waals surface area contributed by atoms with Gasteiger partial charge in [-0.25, -0.2) is 9.97 Å². The normalized spacial score (nSPS) is 10.4. The van der Waals surface area contributed by atoms with Crippen LogP contribution in [0.3, 0.4) is 0 Å². The number of hydrogen-bond donors (Lipinski definition) is 2. The number of H-pyrrole nitrogens is 1. The van der Waals surface area contributed by atoms with E-state index >= 15 is 0 Å². The molecule has 0 aliphatic rings. The molecule has 0 bridgehead atoms. The molecule has 0 atom stereocenters. The van der Waals surface area contributed by atoms with Gasteiger partial charge in [-0.1, -0.05) is 6.07 Å². The summed E-state index contributed by atoms with van der Waals surface area (Å²) in [6, 6.07) is 10.7. The van der Waals surface area contributed by atoms with E-state index in [-0.39, 0.29) is 17.9 Å². The molecule has 2 N–H and O–H groups in total. The molecule has 8 heteroatoms. The number of benzene rings is 1. The van der Waals surface area contributed by atoms with Crippen molar-refractivity contribution in [1.29, 1.82) is 0 Å². The first-order chi connectivity index (χ1) is 13.9. The maximum Gasteiger partial charge on any atom is 0.254 e. The van der Waals surface area contributed by atoms with E-state index in [9.17, 15) is 9.59 Å². The maximum absolute atomic E-state index is 12.2. The largest absolute Gasteiger partial charge is 0.497 e. The molecular formula is C21H22N4O4. The smallest absolute Gasteiger partial charge is 0.254 e. The number of hydrogen-bond acceptors (Lipinski definition) is 6. The summed E-state index contributed by atoms with van der Waals surface area (Å²) in [4.78, 5) is 35.2. The molecular weight excluding hydrogens is 372 g/mol. The van der Waals surface area contributed by atoms with E-state index in [1.807, 2.05) is 6.07 Å². The lowest BCUT2D eigenvalue weighted by Crippen LogP contribution is -2.29. The third-order valence-corrected chi connectivity index (χ3v) is 4.25. The average molecular weight is 394 g/mol. The first kappa shape index (κ1) is 20.1. The maximum atomic E-state index is 12.2. The van der Waals surface area contributed by atoms with Gasteiger partial charge in [-0.2, -0.15) is 0 Å². The molecule has 3 aromatic rings. The van der Waals surface area contributed by atoms with Gasteiger partial charge in [0.15, 0.2) is 0 Å². The van der Waals surface area contributed by atoms with Crippen molar-refractivity contribution in [3.05, 3.63) is 75.6 Å². The summed E-state index contributed by atoms with van der Waals surface area (Å²) >= 11 is 0. The van der Waals surface area contributed by atoms with Crippen LogP contribution in [0.2, 0.25) is 0 Å². The van der Waals surface area contributed by atoms with Crippen LogP contribution in [0.25, 0.3) is 0 Å². The van der Waals surface area contributed by atoms with Gasteiger partial charge in [0.25, 0.3) is 5.56 Å². The van der Waals surface area contributed by atoms with Crippen molar-refractivity contribution in [2.75, 3.05) is 7.11 Å². The van der Waals surface area contributed by atoms with Crippen molar-refractivity contribution in [2.24, 2.45) is 0 Å². The van der Waals surface area contributed by atoms with Gasteiger partial charge in [0.05, 0.1) is 13.5 Å². The van der Waals surface area contributed by atoms with Gasteiger partial charge in [0.2, 0.25) is 11.8 Å². The van der Waals surface area contributed by atoms with Crippen molar-refractivity contribution in [1.82, 2.24) is 20.3 Å². The van der Waals surface area contributed by atoms with Gasteiger partial charge in [-0.05, 0) is 43.7 Å². The fourth-order valence-corrected chi connectivity index (χ4v) is 2.72. The van der Waals surface area contributed by atoms with Gasteiger partial charge in [-0.3, -0.25) is 9.59 Å². The van der Waals surface area contributed by atoms with E-state index in [0.29, 0.717) is 35.3 Å². The van der Waals surface area contributed by atoms with E-state index < -0.39 is 0 Å². The summed E-state index contributed by atoms with van der Waals surface area (Å²) in [7, 11) is 1.60. The predicted molar refractivity (Wildman–Crippen MR) is 107 cm³/mol. The molecule has 3 rings (SSSR count). The second-order valence-electron chi connectivity index (χ2n) is 6.45. The summed E-state index contributed by atoms with van der Waals surface area (Å²) in [6.45, 7) is 3.72.